The molecule has 3 aromatic carbocycles. The van der Waals surface area contributed by atoms with E-state index >= 15 is 0 Å². The second kappa shape index (κ2) is 9.59. The summed E-state index contributed by atoms with van der Waals surface area (Å²) in [7, 11) is 0. The quantitative estimate of drug-likeness (QED) is 0.188. The van der Waals surface area contributed by atoms with E-state index in [9.17, 15) is 14.7 Å². The van der Waals surface area contributed by atoms with Crippen molar-refractivity contribution < 1.29 is 19.4 Å². The minimum Gasteiger partial charge on any atom is -0.507 e. The molecule has 1 amide bonds. The van der Waals surface area contributed by atoms with Gasteiger partial charge in [0.05, 0.1) is 28.4 Å². The van der Waals surface area contributed by atoms with E-state index in [1.165, 1.54) is 16.2 Å². The van der Waals surface area contributed by atoms with Crippen LogP contribution in [0.4, 0.5) is 5.13 Å². The number of aromatic nitrogens is 1. The molecule has 5 rings (SSSR count). The summed E-state index contributed by atoms with van der Waals surface area (Å²) in [6.45, 7) is 6.67. The SMILES string of the molecule is CCOc1ccc2nc(N3C(=O)C(=O)C(=C(O)c4ccccc4)C3c3ccc(C(C)C)cc3)sc2c1. The number of amides is 1. The molecule has 0 spiro atoms. The average Bonchev–Trinajstić information content (AvgIpc) is 3.42. The van der Waals surface area contributed by atoms with Gasteiger partial charge in [0.1, 0.15) is 11.5 Å². The molecule has 0 radical (unpaired) electrons. The molecule has 0 bridgehead atoms. The van der Waals surface area contributed by atoms with Crippen LogP contribution < -0.4 is 9.64 Å². The lowest BCUT2D eigenvalue weighted by molar-refractivity contribution is -0.132. The van der Waals surface area contributed by atoms with Crippen molar-refractivity contribution in [2.45, 2.75) is 32.7 Å². The molecule has 182 valence electrons. The molecule has 4 aromatic rings. The lowest BCUT2D eigenvalue weighted by Crippen LogP contribution is -2.29. The normalized spacial score (nSPS) is 17.3. The van der Waals surface area contributed by atoms with Crippen molar-refractivity contribution in [2.75, 3.05) is 11.5 Å². The smallest absolute Gasteiger partial charge is 0.301 e. The van der Waals surface area contributed by atoms with Crippen LogP contribution in [0, 0.1) is 0 Å². The van der Waals surface area contributed by atoms with Crippen LogP contribution in [-0.2, 0) is 9.59 Å². The second-order valence-corrected chi connectivity index (χ2v) is 9.92. The fraction of sp³-hybridized carbons (Fsp3) is 0.207. The van der Waals surface area contributed by atoms with Crippen molar-refractivity contribution >= 4 is 44.1 Å². The molecule has 1 atom stereocenters. The van der Waals surface area contributed by atoms with Gasteiger partial charge in [-0.25, -0.2) is 4.98 Å². The first kappa shape index (κ1) is 23.8. The molecule has 6 nitrogen and oxygen atoms in total. The number of Topliss-reactive ketones (excluding diaryl/α,β-unsaturated/α-hetero) is 1. The standard InChI is InChI=1S/C29H26N2O4S/c1-4-35-21-14-15-22-23(16-21)36-29(30-22)31-25(19-12-10-18(11-13-19)17(2)3)24(27(33)28(31)34)26(32)20-8-6-5-7-9-20/h5-17,25,32H,4H2,1-3H3. The molecule has 36 heavy (non-hydrogen) atoms. The molecule has 7 heteroatoms. The van der Waals surface area contributed by atoms with E-state index in [-0.39, 0.29) is 11.3 Å². The highest BCUT2D eigenvalue weighted by Gasteiger charge is 2.48. The molecule has 1 aromatic heterocycles. The topological polar surface area (TPSA) is 79.7 Å². The summed E-state index contributed by atoms with van der Waals surface area (Å²) < 4.78 is 6.45. The highest BCUT2D eigenvalue weighted by Crippen LogP contribution is 2.44. The van der Waals surface area contributed by atoms with Crippen molar-refractivity contribution in [2.24, 2.45) is 0 Å². The summed E-state index contributed by atoms with van der Waals surface area (Å²) in [6, 6.07) is 21.4. The van der Waals surface area contributed by atoms with Crippen LogP contribution in [0.1, 0.15) is 49.4 Å². The van der Waals surface area contributed by atoms with Crippen molar-refractivity contribution in [3.8, 4) is 5.75 Å². The summed E-state index contributed by atoms with van der Waals surface area (Å²) >= 11 is 1.31. The van der Waals surface area contributed by atoms with Gasteiger partial charge in [0.2, 0.25) is 0 Å². The van der Waals surface area contributed by atoms with E-state index in [4.69, 9.17) is 4.74 Å². The number of anilines is 1. The number of hydrogen-bond acceptors (Lipinski definition) is 6. The highest BCUT2D eigenvalue weighted by atomic mass is 32.1. The van der Waals surface area contributed by atoms with Gasteiger partial charge in [0, 0.05) is 5.56 Å². The maximum absolute atomic E-state index is 13.4. The molecule has 1 aliphatic heterocycles. The largest absolute Gasteiger partial charge is 0.507 e. The third-order valence-corrected chi connectivity index (χ3v) is 7.29. The Labute approximate surface area is 213 Å². The van der Waals surface area contributed by atoms with Crippen molar-refractivity contribution in [3.05, 3.63) is 95.1 Å². The zero-order chi connectivity index (χ0) is 25.4. The summed E-state index contributed by atoms with van der Waals surface area (Å²) in [5.74, 6) is -0.599. The number of nitrogens with zero attached hydrogens (tertiary/aromatic N) is 2. The van der Waals surface area contributed by atoms with Crippen molar-refractivity contribution in [1.29, 1.82) is 0 Å². The molecular formula is C29H26N2O4S. The van der Waals surface area contributed by atoms with Crippen LogP contribution in [-0.4, -0.2) is 28.4 Å². The highest BCUT2D eigenvalue weighted by molar-refractivity contribution is 7.22. The van der Waals surface area contributed by atoms with Crippen LogP contribution in [0.2, 0.25) is 0 Å². The number of aliphatic hydroxyl groups is 1. The molecule has 0 aliphatic carbocycles. The summed E-state index contributed by atoms with van der Waals surface area (Å²) in [5.41, 5.74) is 3.10. The lowest BCUT2D eigenvalue weighted by Gasteiger charge is -2.23. The van der Waals surface area contributed by atoms with Gasteiger partial charge in [0.25, 0.3) is 5.78 Å². The van der Waals surface area contributed by atoms with E-state index in [1.807, 2.05) is 55.5 Å². The van der Waals surface area contributed by atoms with Gasteiger partial charge in [-0.05, 0) is 42.2 Å². The van der Waals surface area contributed by atoms with Gasteiger partial charge < -0.3 is 9.84 Å². The second-order valence-electron chi connectivity index (χ2n) is 8.92. The van der Waals surface area contributed by atoms with Crippen molar-refractivity contribution in [3.63, 3.8) is 0 Å². The number of carbonyl (C=O) groups excluding carboxylic acids is 2. The van der Waals surface area contributed by atoms with E-state index in [2.05, 4.69) is 18.8 Å². The minimum atomic E-state index is -0.807. The number of aliphatic hydroxyl groups excluding tert-OH is 1. The van der Waals surface area contributed by atoms with Crippen LogP contribution in [0.25, 0.3) is 16.0 Å². The van der Waals surface area contributed by atoms with E-state index in [0.717, 1.165) is 15.8 Å². The minimum absolute atomic E-state index is 0.0535. The Morgan fingerprint density at radius 1 is 1.06 bits per heavy atom. The molecule has 0 saturated carbocycles. The molecule has 1 N–H and O–H groups in total. The zero-order valence-corrected chi connectivity index (χ0v) is 21.1. The molecule has 1 aliphatic rings. The Morgan fingerprint density at radius 2 is 1.78 bits per heavy atom. The maximum Gasteiger partial charge on any atom is 0.301 e. The molecule has 1 unspecified atom stereocenters. The van der Waals surface area contributed by atoms with E-state index in [0.29, 0.717) is 34.5 Å². The van der Waals surface area contributed by atoms with Crippen molar-refractivity contribution in [1.82, 2.24) is 4.98 Å². The number of ether oxygens (including phenoxy) is 1. The maximum atomic E-state index is 13.4. The predicted molar refractivity (Wildman–Crippen MR) is 143 cm³/mol. The predicted octanol–water partition coefficient (Wildman–Crippen LogP) is 6.44. The van der Waals surface area contributed by atoms with Gasteiger partial charge >= 0.3 is 5.91 Å². The first-order valence-corrected chi connectivity index (χ1v) is 12.7. The Morgan fingerprint density at radius 3 is 2.44 bits per heavy atom. The Bertz CT molecular complexity index is 1470. The Balaban J connectivity index is 1.68. The molecular weight excluding hydrogens is 472 g/mol. The van der Waals surface area contributed by atoms with Gasteiger partial charge in [-0.15, -0.1) is 0 Å². The number of rotatable bonds is 6. The van der Waals surface area contributed by atoms with Gasteiger partial charge in [-0.1, -0.05) is 79.8 Å². The lowest BCUT2D eigenvalue weighted by atomic mass is 9.93. The zero-order valence-electron chi connectivity index (χ0n) is 20.3. The Hall–Kier alpha value is -3.97. The first-order valence-electron chi connectivity index (χ1n) is 11.9. The number of hydrogen-bond donors (Lipinski definition) is 1. The van der Waals surface area contributed by atoms with Crippen LogP contribution in [0.3, 0.4) is 0 Å². The van der Waals surface area contributed by atoms with Crippen LogP contribution in [0.5, 0.6) is 5.75 Å². The number of carbonyl (C=O) groups is 2. The van der Waals surface area contributed by atoms with Gasteiger partial charge in [-0.2, -0.15) is 0 Å². The van der Waals surface area contributed by atoms with E-state index < -0.39 is 17.7 Å². The number of benzene rings is 3. The number of fused-ring (bicyclic) bond motifs is 1. The first-order chi connectivity index (χ1) is 17.4. The summed E-state index contributed by atoms with van der Waals surface area (Å²) in [5, 5.41) is 11.6. The molecule has 1 fully saturated rings. The Kier molecular flexibility index (Phi) is 6.33. The number of thiazole rings is 1. The van der Waals surface area contributed by atoms with Crippen LogP contribution in [0.15, 0.2) is 78.4 Å². The van der Waals surface area contributed by atoms with Gasteiger partial charge in [-0.3, -0.25) is 14.5 Å². The van der Waals surface area contributed by atoms with Gasteiger partial charge in [0.15, 0.2) is 5.13 Å². The van der Waals surface area contributed by atoms with Crippen LogP contribution >= 0.6 is 11.3 Å². The summed E-state index contributed by atoms with van der Waals surface area (Å²) in [6.07, 6.45) is 0. The fourth-order valence-electron chi connectivity index (χ4n) is 4.41. The third kappa shape index (κ3) is 4.16. The third-order valence-electron chi connectivity index (χ3n) is 6.28. The molecule has 2 heterocycles. The number of ketones is 1. The monoisotopic (exact) mass is 498 g/mol. The molecule has 1 saturated heterocycles. The van der Waals surface area contributed by atoms with E-state index in [1.54, 1.807) is 24.3 Å². The fourth-order valence-corrected chi connectivity index (χ4v) is 5.43. The average molecular weight is 499 g/mol. The summed E-state index contributed by atoms with van der Waals surface area (Å²) in [4.78, 5) is 32.9.